The fraction of sp³-hybridized carbons (Fsp3) is 0.472. The van der Waals surface area contributed by atoms with Crippen molar-refractivity contribution in [3.63, 3.8) is 0 Å². The van der Waals surface area contributed by atoms with Gasteiger partial charge in [0, 0.05) is 10.8 Å². The Morgan fingerprint density at radius 3 is 1.25 bits per heavy atom. The van der Waals surface area contributed by atoms with Crippen molar-refractivity contribution in [2.45, 2.75) is 160 Å². The van der Waals surface area contributed by atoms with Crippen LogP contribution in [-0.2, 0) is 20.9 Å². The molecule has 3 N–H and O–H groups in total. The molecule has 0 radical (unpaired) electrons. The number of halogens is 3. The van der Waals surface area contributed by atoms with Gasteiger partial charge in [0.05, 0.1) is 11.2 Å². The summed E-state index contributed by atoms with van der Waals surface area (Å²) in [6.07, 6.45) is 19.0. The number of aromatic hydroxyl groups is 1. The lowest BCUT2D eigenvalue weighted by Crippen LogP contribution is -2.29. The Morgan fingerprint density at radius 2 is 0.921 bits per heavy atom. The van der Waals surface area contributed by atoms with Crippen LogP contribution in [-0.4, -0.2) is 40.4 Å². The molecule has 63 heavy (non-hydrogen) atoms. The molecule has 342 valence electrons. The fourth-order valence-corrected chi connectivity index (χ4v) is 10.3. The van der Waals surface area contributed by atoms with Crippen LogP contribution in [0.3, 0.4) is 0 Å². The van der Waals surface area contributed by atoms with Gasteiger partial charge in [0.15, 0.2) is 0 Å². The summed E-state index contributed by atoms with van der Waals surface area (Å²) in [6, 6.07) is 23.5. The first-order valence-electron chi connectivity index (χ1n) is 22.6. The molecule has 2 aliphatic carbocycles. The van der Waals surface area contributed by atoms with E-state index in [0.29, 0.717) is 11.3 Å². The van der Waals surface area contributed by atoms with Gasteiger partial charge < -0.3 is 19.5 Å². The zero-order chi connectivity index (χ0) is 46.4. The minimum absolute atomic E-state index is 0.0604. The SMILES string of the molecule is CCC(CC)(c1ccc(/C=C/C2(O)CCCC2)c(C)c1)c1ccc(OS(=O)(=O)C(F)(F)F)c(C)c1.CCC(CC)(c1ccc(O)c(C)c1)c1ccc(/C=C/C2(O)CCCC2)c(C)c1. The summed E-state index contributed by atoms with van der Waals surface area (Å²) in [6.45, 7) is 16.2. The van der Waals surface area contributed by atoms with Gasteiger partial charge in [0.1, 0.15) is 11.5 Å². The molecule has 10 heteroatoms. The van der Waals surface area contributed by atoms with E-state index < -0.39 is 32.2 Å². The van der Waals surface area contributed by atoms with Crippen molar-refractivity contribution < 1.29 is 41.1 Å². The molecule has 2 aliphatic rings. The first-order chi connectivity index (χ1) is 29.6. The molecule has 2 fully saturated rings. The minimum atomic E-state index is -5.74. The van der Waals surface area contributed by atoms with Crippen LogP contribution in [0, 0.1) is 27.7 Å². The molecular weight excluding hydrogens is 822 g/mol. The summed E-state index contributed by atoms with van der Waals surface area (Å²) in [5.74, 6) is 0.0139. The molecular formula is C53H67F3O6S. The second-order valence-corrected chi connectivity index (χ2v) is 19.5. The van der Waals surface area contributed by atoms with E-state index in [0.717, 1.165) is 105 Å². The molecule has 0 aromatic heterocycles. The van der Waals surface area contributed by atoms with Crippen molar-refractivity contribution in [1.29, 1.82) is 0 Å². The number of aliphatic hydroxyl groups is 2. The van der Waals surface area contributed by atoms with E-state index in [1.54, 1.807) is 12.1 Å². The van der Waals surface area contributed by atoms with Crippen LogP contribution in [0.15, 0.2) is 84.9 Å². The lowest BCUT2D eigenvalue weighted by Gasteiger charge is -2.34. The van der Waals surface area contributed by atoms with Gasteiger partial charge in [-0.3, -0.25) is 0 Å². The van der Waals surface area contributed by atoms with E-state index in [9.17, 15) is 36.9 Å². The second-order valence-electron chi connectivity index (χ2n) is 18.0. The molecule has 0 saturated heterocycles. The molecule has 4 aromatic rings. The Labute approximate surface area is 374 Å². The van der Waals surface area contributed by atoms with E-state index >= 15 is 0 Å². The van der Waals surface area contributed by atoms with Crippen LogP contribution in [0.4, 0.5) is 13.2 Å². The lowest BCUT2D eigenvalue weighted by atomic mass is 9.70. The maximum Gasteiger partial charge on any atom is 0.534 e. The predicted molar refractivity (Wildman–Crippen MR) is 250 cm³/mol. The van der Waals surface area contributed by atoms with Crippen LogP contribution in [0.2, 0.25) is 0 Å². The van der Waals surface area contributed by atoms with E-state index in [1.165, 1.54) is 35.2 Å². The summed E-state index contributed by atoms with van der Waals surface area (Å²) in [5, 5.41) is 31.2. The van der Waals surface area contributed by atoms with Crippen molar-refractivity contribution in [3.8, 4) is 11.5 Å². The highest BCUT2D eigenvalue weighted by Gasteiger charge is 2.49. The molecule has 0 amide bonds. The Hall–Kier alpha value is -4.38. The maximum absolute atomic E-state index is 12.8. The number of phenols is 1. The molecule has 0 heterocycles. The molecule has 2 saturated carbocycles. The van der Waals surface area contributed by atoms with Crippen LogP contribution in [0.25, 0.3) is 12.2 Å². The van der Waals surface area contributed by atoms with E-state index in [1.807, 2.05) is 50.3 Å². The monoisotopic (exact) mass is 888 g/mol. The van der Waals surface area contributed by atoms with Gasteiger partial charge in [-0.25, -0.2) is 0 Å². The summed E-state index contributed by atoms with van der Waals surface area (Å²) >= 11 is 0. The van der Waals surface area contributed by atoms with Crippen LogP contribution in [0.1, 0.15) is 160 Å². The average Bonchev–Trinajstić information content (AvgIpc) is 3.89. The Morgan fingerprint density at radius 1 is 0.571 bits per heavy atom. The number of aryl methyl sites for hydroxylation is 4. The van der Waals surface area contributed by atoms with Crippen molar-refractivity contribution in [3.05, 3.63) is 141 Å². The quantitative estimate of drug-likeness (QED) is 0.0861. The molecule has 0 bridgehead atoms. The summed E-state index contributed by atoms with van der Waals surface area (Å²) < 4.78 is 65.5. The molecule has 0 unspecified atom stereocenters. The van der Waals surface area contributed by atoms with Crippen LogP contribution < -0.4 is 4.18 Å². The first-order valence-corrected chi connectivity index (χ1v) is 24.0. The van der Waals surface area contributed by atoms with Crippen molar-refractivity contribution in [1.82, 2.24) is 0 Å². The molecule has 4 aromatic carbocycles. The van der Waals surface area contributed by atoms with Crippen molar-refractivity contribution >= 4 is 22.3 Å². The van der Waals surface area contributed by atoms with Gasteiger partial charge in [-0.2, -0.15) is 21.6 Å². The predicted octanol–water partition coefficient (Wildman–Crippen LogP) is 13.4. The molecule has 0 atom stereocenters. The number of phenolic OH excluding ortho intramolecular Hbond substituents is 1. The molecule has 0 aliphatic heterocycles. The Balaban J connectivity index is 0.000000243. The number of benzene rings is 4. The zero-order valence-corrected chi connectivity index (χ0v) is 39.1. The number of rotatable bonds is 14. The third-order valence-electron chi connectivity index (χ3n) is 14.1. The maximum atomic E-state index is 12.8. The van der Waals surface area contributed by atoms with Gasteiger partial charge in [-0.05, 0) is 147 Å². The Bertz CT molecular complexity index is 2380. The summed E-state index contributed by atoms with van der Waals surface area (Å²) in [4.78, 5) is 0. The molecule has 6 rings (SSSR count). The fourth-order valence-electron chi connectivity index (χ4n) is 9.74. The van der Waals surface area contributed by atoms with E-state index in [-0.39, 0.29) is 11.2 Å². The lowest BCUT2D eigenvalue weighted by molar-refractivity contribution is -0.0500. The van der Waals surface area contributed by atoms with Crippen LogP contribution in [0.5, 0.6) is 11.5 Å². The highest BCUT2D eigenvalue weighted by molar-refractivity contribution is 7.88. The van der Waals surface area contributed by atoms with Gasteiger partial charge in [0.2, 0.25) is 0 Å². The second kappa shape index (κ2) is 19.8. The number of hydrogen-bond donors (Lipinski definition) is 3. The van der Waals surface area contributed by atoms with Gasteiger partial charge in [-0.15, -0.1) is 0 Å². The normalized spacial score (nSPS) is 16.7. The minimum Gasteiger partial charge on any atom is -0.508 e. The zero-order valence-electron chi connectivity index (χ0n) is 38.3. The van der Waals surface area contributed by atoms with Gasteiger partial charge in [0.25, 0.3) is 0 Å². The van der Waals surface area contributed by atoms with Gasteiger partial charge in [-0.1, -0.05) is 138 Å². The summed E-state index contributed by atoms with van der Waals surface area (Å²) in [7, 11) is -5.74. The third-order valence-corrected chi connectivity index (χ3v) is 15.1. The highest BCUT2D eigenvalue weighted by Crippen LogP contribution is 2.43. The topological polar surface area (TPSA) is 104 Å². The highest BCUT2D eigenvalue weighted by atomic mass is 32.2. The van der Waals surface area contributed by atoms with Crippen LogP contribution >= 0.6 is 0 Å². The largest absolute Gasteiger partial charge is 0.534 e. The molecule has 0 spiro atoms. The number of alkyl halides is 3. The van der Waals surface area contributed by atoms with Crippen molar-refractivity contribution in [2.24, 2.45) is 0 Å². The van der Waals surface area contributed by atoms with Crippen molar-refractivity contribution in [2.75, 3.05) is 0 Å². The third kappa shape index (κ3) is 10.9. The van der Waals surface area contributed by atoms with E-state index in [2.05, 4.69) is 81.3 Å². The van der Waals surface area contributed by atoms with Gasteiger partial charge >= 0.3 is 15.6 Å². The number of hydrogen-bond acceptors (Lipinski definition) is 6. The summed E-state index contributed by atoms with van der Waals surface area (Å²) in [5.41, 5.74) is 2.91. The smallest absolute Gasteiger partial charge is 0.508 e. The standard InChI is InChI=1S/C27H33F3O4S.C26H34O2/c1-5-26(6-2,23-11-12-24(20(4)18-23)34-35(32,33)27(28,29)30)22-10-9-21(19(3)17-22)13-16-25(31)14-7-8-15-25;1-5-26(6-2,23-11-12-24(27)20(4)18-23)22-10-9-21(19(3)17-22)13-16-25(28)14-7-8-15-25/h9-13,16-18,31H,5-8,14-15H2,1-4H3;9-13,16-18,27-28H,5-8,14-15H2,1-4H3/b2*16-13+. The molecule has 6 nitrogen and oxygen atoms in total. The Kier molecular flexibility index (Phi) is 15.6. The first kappa shape index (κ1) is 49.6. The average molecular weight is 889 g/mol. The van der Waals surface area contributed by atoms with E-state index in [4.69, 9.17) is 0 Å².